The highest BCUT2D eigenvalue weighted by molar-refractivity contribution is 5.34. The second-order valence-electron chi connectivity index (χ2n) is 3.17. The fourth-order valence-corrected chi connectivity index (χ4v) is 1.32. The van der Waals surface area contributed by atoms with Gasteiger partial charge in [-0.25, -0.2) is 0 Å². The molecule has 0 atom stereocenters. The van der Waals surface area contributed by atoms with Crippen molar-refractivity contribution in [1.29, 1.82) is 0 Å². The van der Waals surface area contributed by atoms with Gasteiger partial charge in [-0.05, 0) is 37.1 Å². The van der Waals surface area contributed by atoms with Crippen LogP contribution in [0, 0.1) is 20.0 Å². The van der Waals surface area contributed by atoms with Gasteiger partial charge in [-0.3, -0.25) is 0 Å². The minimum Gasteiger partial charge on any atom is -0.417 e. The van der Waals surface area contributed by atoms with Crippen LogP contribution in [-0.2, 0) is 0 Å². The van der Waals surface area contributed by atoms with E-state index in [0.29, 0.717) is 0 Å². The first kappa shape index (κ1) is 8.81. The summed E-state index contributed by atoms with van der Waals surface area (Å²) in [5.74, 6) is 0.735. The summed E-state index contributed by atoms with van der Waals surface area (Å²) >= 11 is 0. The summed E-state index contributed by atoms with van der Waals surface area (Å²) in [5.41, 5.74) is 2.30. The summed E-state index contributed by atoms with van der Waals surface area (Å²) in [6, 6.07) is 5.93. The molecule has 0 bridgehead atoms. The van der Waals surface area contributed by atoms with E-state index in [2.05, 4.69) is 17.2 Å². The minimum atomic E-state index is 0.218. The Kier molecular flexibility index (Phi) is 2.23. The van der Waals surface area contributed by atoms with Gasteiger partial charge in [0.1, 0.15) is 18.2 Å². The van der Waals surface area contributed by atoms with Gasteiger partial charge in [0.15, 0.2) is 0 Å². The monoisotopic (exact) mass is 188 g/mol. The molecular weight excluding hydrogens is 178 g/mol. The summed E-state index contributed by atoms with van der Waals surface area (Å²) in [4.78, 5) is 3.76. The van der Waals surface area contributed by atoms with Crippen LogP contribution in [-0.4, -0.2) is 4.98 Å². The fraction of sp³-hybridized carbons (Fsp3) is 0.182. The van der Waals surface area contributed by atoms with Crippen LogP contribution in [0.2, 0.25) is 0 Å². The summed E-state index contributed by atoms with van der Waals surface area (Å²) < 4.78 is 10.3. The topological polar surface area (TPSA) is 35.3 Å². The summed E-state index contributed by atoms with van der Waals surface area (Å²) in [5, 5.41) is 0. The maximum Gasteiger partial charge on any atom is 0.399 e. The first-order chi connectivity index (χ1) is 6.74. The van der Waals surface area contributed by atoms with Gasteiger partial charge in [-0.1, -0.05) is 6.07 Å². The van der Waals surface area contributed by atoms with Gasteiger partial charge in [0.25, 0.3) is 0 Å². The zero-order valence-corrected chi connectivity index (χ0v) is 8.07. The van der Waals surface area contributed by atoms with Crippen LogP contribution in [0.4, 0.5) is 0 Å². The first-order valence-electron chi connectivity index (χ1n) is 4.32. The standard InChI is InChI=1S/C11H10NO2/c1-8-5-9(2)7-10(6-8)14-11-12-3-4-13-11/h4-7H,1-2H3. The van der Waals surface area contributed by atoms with Gasteiger partial charge in [0, 0.05) is 0 Å². The molecule has 0 fully saturated rings. The van der Waals surface area contributed by atoms with E-state index in [4.69, 9.17) is 9.15 Å². The molecule has 1 aromatic heterocycles. The number of rotatable bonds is 2. The molecule has 14 heavy (non-hydrogen) atoms. The van der Waals surface area contributed by atoms with Gasteiger partial charge in [-0.15, -0.1) is 0 Å². The molecule has 1 heterocycles. The van der Waals surface area contributed by atoms with Crippen molar-refractivity contribution >= 4 is 0 Å². The summed E-state index contributed by atoms with van der Waals surface area (Å²) in [7, 11) is 0. The quantitative estimate of drug-likeness (QED) is 0.726. The SMILES string of the molecule is Cc1cc(C)cc(Oc2n[c]co2)c1. The lowest BCUT2D eigenvalue weighted by Gasteiger charge is -2.03. The lowest BCUT2D eigenvalue weighted by atomic mass is 10.1. The zero-order chi connectivity index (χ0) is 9.97. The van der Waals surface area contributed by atoms with E-state index < -0.39 is 0 Å². The second kappa shape index (κ2) is 3.54. The molecule has 2 rings (SSSR count). The van der Waals surface area contributed by atoms with Crippen molar-refractivity contribution in [2.75, 3.05) is 0 Å². The minimum absolute atomic E-state index is 0.218. The molecule has 0 aliphatic heterocycles. The van der Waals surface area contributed by atoms with E-state index in [0.717, 1.165) is 16.9 Å². The average molecular weight is 188 g/mol. The highest BCUT2D eigenvalue weighted by Crippen LogP contribution is 2.21. The lowest BCUT2D eigenvalue weighted by Crippen LogP contribution is -1.86. The first-order valence-corrected chi connectivity index (χ1v) is 4.32. The second-order valence-corrected chi connectivity index (χ2v) is 3.17. The molecule has 0 unspecified atom stereocenters. The molecule has 3 nitrogen and oxygen atoms in total. The average Bonchev–Trinajstić information content (AvgIpc) is 2.54. The lowest BCUT2D eigenvalue weighted by molar-refractivity contribution is 0.330. The smallest absolute Gasteiger partial charge is 0.399 e. The van der Waals surface area contributed by atoms with Crippen molar-refractivity contribution in [3.05, 3.63) is 41.8 Å². The van der Waals surface area contributed by atoms with Crippen LogP contribution in [0.3, 0.4) is 0 Å². The van der Waals surface area contributed by atoms with Crippen LogP contribution < -0.4 is 4.74 Å². The van der Waals surface area contributed by atoms with E-state index in [-0.39, 0.29) is 6.08 Å². The largest absolute Gasteiger partial charge is 0.417 e. The molecule has 0 saturated heterocycles. The molecule has 1 radical (unpaired) electrons. The molecule has 0 spiro atoms. The van der Waals surface area contributed by atoms with Crippen molar-refractivity contribution in [2.24, 2.45) is 0 Å². The maximum atomic E-state index is 5.37. The Morgan fingerprint density at radius 2 is 1.93 bits per heavy atom. The van der Waals surface area contributed by atoms with Gasteiger partial charge in [0.05, 0.1) is 0 Å². The number of nitrogens with zero attached hydrogens (tertiary/aromatic N) is 1. The predicted molar refractivity (Wildman–Crippen MR) is 51.3 cm³/mol. The van der Waals surface area contributed by atoms with Crippen molar-refractivity contribution in [1.82, 2.24) is 4.98 Å². The van der Waals surface area contributed by atoms with E-state index in [9.17, 15) is 0 Å². The van der Waals surface area contributed by atoms with Crippen LogP contribution in [0.1, 0.15) is 11.1 Å². The number of benzene rings is 1. The maximum absolute atomic E-state index is 5.37. The van der Waals surface area contributed by atoms with E-state index in [1.54, 1.807) is 0 Å². The Labute approximate surface area is 82.3 Å². The molecule has 0 saturated carbocycles. The number of aryl methyl sites for hydroxylation is 2. The summed E-state index contributed by atoms with van der Waals surface area (Å²) in [6.45, 7) is 4.03. The highest BCUT2D eigenvalue weighted by Gasteiger charge is 2.02. The Morgan fingerprint density at radius 1 is 1.21 bits per heavy atom. The number of hydrogen-bond acceptors (Lipinski definition) is 3. The van der Waals surface area contributed by atoms with Crippen LogP contribution in [0.15, 0.2) is 28.9 Å². The van der Waals surface area contributed by atoms with Gasteiger partial charge in [-0.2, -0.15) is 4.98 Å². The molecule has 3 heteroatoms. The zero-order valence-electron chi connectivity index (χ0n) is 8.07. The number of aromatic nitrogens is 1. The molecule has 71 valence electrons. The molecule has 0 amide bonds. The Morgan fingerprint density at radius 3 is 2.50 bits per heavy atom. The third-order valence-corrected chi connectivity index (χ3v) is 1.77. The number of oxazole rings is 1. The third-order valence-electron chi connectivity index (χ3n) is 1.77. The van der Waals surface area contributed by atoms with E-state index in [1.165, 1.54) is 6.26 Å². The number of ether oxygens (including phenoxy) is 1. The van der Waals surface area contributed by atoms with Gasteiger partial charge in [0.2, 0.25) is 0 Å². The van der Waals surface area contributed by atoms with Gasteiger partial charge < -0.3 is 9.15 Å². The van der Waals surface area contributed by atoms with Crippen LogP contribution >= 0.6 is 0 Å². The van der Waals surface area contributed by atoms with E-state index >= 15 is 0 Å². The molecule has 0 aliphatic carbocycles. The van der Waals surface area contributed by atoms with Crippen LogP contribution in [0.25, 0.3) is 0 Å². The fourth-order valence-electron chi connectivity index (χ4n) is 1.32. The third kappa shape index (κ3) is 1.93. The highest BCUT2D eigenvalue weighted by atomic mass is 16.6. The van der Waals surface area contributed by atoms with E-state index in [1.807, 2.05) is 26.0 Å². The molecule has 1 aromatic carbocycles. The van der Waals surface area contributed by atoms with Crippen molar-refractivity contribution in [3.63, 3.8) is 0 Å². The Hall–Kier alpha value is -1.77. The Bertz CT molecular complexity index is 401. The van der Waals surface area contributed by atoms with Crippen molar-refractivity contribution in [3.8, 4) is 11.8 Å². The van der Waals surface area contributed by atoms with Crippen LogP contribution in [0.5, 0.6) is 11.8 Å². The van der Waals surface area contributed by atoms with Crippen molar-refractivity contribution in [2.45, 2.75) is 13.8 Å². The number of hydrogen-bond donors (Lipinski definition) is 0. The molecule has 2 aromatic rings. The summed E-state index contributed by atoms with van der Waals surface area (Å²) in [6.07, 6.45) is 4.11. The molecular formula is C11H10NO2. The molecule has 0 N–H and O–H groups in total. The Balaban J connectivity index is 2.25. The normalized spacial score (nSPS) is 10.1. The van der Waals surface area contributed by atoms with Crippen molar-refractivity contribution < 1.29 is 9.15 Å². The predicted octanol–water partition coefficient (Wildman–Crippen LogP) is 2.88. The van der Waals surface area contributed by atoms with Gasteiger partial charge >= 0.3 is 6.08 Å². The molecule has 0 aliphatic rings.